The zero-order valence-electron chi connectivity index (χ0n) is 12.0. The Morgan fingerprint density at radius 2 is 1.75 bits per heavy atom. The van der Waals surface area contributed by atoms with Gasteiger partial charge in [-0.3, -0.25) is 0 Å². The lowest BCUT2D eigenvalue weighted by atomic mass is 10.0. The van der Waals surface area contributed by atoms with E-state index in [9.17, 15) is 4.79 Å². The Kier molecular flexibility index (Phi) is 4.94. The molecule has 0 N–H and O–H groups in total. The Morgan fingerprint density at radius 3 is 2.45 bits per heavy atom. The molecule has 104 valence electrons. The summed E-state index contributed by atoms with van der Waals surface area (Å²) in [5, 5.41) is 0. The van der Waals surface area contributed by atoms with Gasteiger partial charge in [0.25, 0.3) is 0 Å². The van der Waals surface area contributed by atoms with Crippen LogP contribution in [0.5, 0.6) is 0 Å². The maximum Gasteiger partial charge on any atom is 0.338 e. The van der Waals surface area contributed by atoms with Crippen molar-refractivity contribution < 1.29 is 9.53 Å². The lowest BCUT2D eigenvalue weighted by molar-refractivity contribution is 0.0323. The van der Waals surface area contributed by atoms with Gasteiger partial charge in [-0.15, -0.1) is 0 Å². The molecule has 1 unspecified atom stereocenters. The summed E-state index contributed by atoms with van der Waals surface area (Å²) >= 11 is 0. The molecule has 2 rings (SSSR count). The fourth-order valence-corrected chi connectivity index (χ4v) is 2.17. The number of carbonyl (C=O) groups excluding carboxylic acids is 1. The summed E-state index contributed by atoms with van der Waals surface area (Å²) in [5.74, 6) is -0.247. The summed E-state index contributed by atoms with van der Waals surface area (Å²) < 4.78 is 5.43. The van der Waals surface area contributed by atoms with E-state index in [0.29, 0.717) is 5.56 Å². The molecular weight excluding hydrogens is 248 g/mol. The minimum atomic E-state index is -0.247. The molecule has 1 atom stereocenters. The highest BCUT2D eigenvalue weighted by Crippen LogP contribution is 2.20. The van der Waals surface area contributed by atoms with Gasteiger partial charge < -0.3 is 4.74 Å². The highest BCUT2D eigenvalue weighted by Gasteiger charge is 2.12. The van der Waals surface area contributed by atoms with Crippen LogP contribution in [-0.2, 0) is 4.74 Å². The SMILES string of the molecule is CCCC(C)OC(=O)c1cccc(-c2ccccc2)c1. The lowest BCUT2D eigenvalue weighted by Gasteiger charge is -2.12. The van der Waals surface area contributed by atoms with Crippen LogP contribution in [0.4, 0.5) is 0 Å². The van der Waals surface area contributed by atoms with Gasteiger partial charge in [0.15, 0.2) is 0 Å². The van der Waals surface area contributed by atoms with Crippen LogP contribution in [0, 0.1) is 0 Å². The number of ether oxygens (including phenoxy) is 1. The quantitative estimate of drug-likeness (QED) is 0.735. The standard InChI is InChI=1S/C18H20O2/c1-3-8-14(2)20-18(19)17-12-7-11-16(13-17)15-9-5-4-6-10-15/h4-7,9-14H,3,8H2,1-2H3. The predicted molar refractivity (Wildman–Crippen MR) is 81.7 cm³/mol. The third-order valence-electron chi connectivity index (χ3n) is 3.21. The number of hydrogen-bond acceptors (Lipinski definition) is 2. The number of rotatable bonds is 5. The Hall–Kier alpha value is -2.09. The highest BCUT2D eigenvalue weighted by atomic mass is 16.5. The van der Waals surface area contributed by atoms with E-state index in [2.05, 4.69) is 6.92 Å². The van der Waals surface area contributed by atoms with Gasteiger partial charge in [0.05, 0.1) is 11.7 Å². The average molecular weight is 268 g/mol. The van der Waals surface area contributed by atoms with Crippen LogP contribution in [0.2, 0.25) is 0 Å². The summed E-state index contributed by atoms with van der Waals surface area (Å²) in [7, 11) is 0. The molecule has 0 radical (unpaired) electrons. The molecule has 2 aromatic rings. The first-order valence-electron chi connectivity index (χ1n) is 7.07. The van der Waals surface area contributed by atoms with Gasteiger partial charge in [-0.1, -0.05) is 55.8 Å². The van der Waals surface area contributed by atoms with Crippen LogP contribution in [0.25, 0.3) is 11.1 Å². The molecule has 0 aromatic heterocycles. The first-order chi connectivity index (χ1) is 9.70. The van der Waals surface area contributed by atoms with Crippen molar-refractivity contribution in [3.8, 4) is 11.1 Å². The molecule has 0 heterocycles. The lowest BCUT2D eigenvalue weighted by Crippen LogP contribution is -2.14. The fourth-order valence-electron chi connectivity index (χ4n) is 2.17. The van der Waals surface area contributed by atoms with Crippen LogP contribution < -0.4 is 0 Å². The largest absolute Gasteiger partial charge is 0.459 e. The van der Waals surface area contributed by atoms with E-state index in [0.717, 1.165) is 24.0 Å². The molecule has 0 aliphatic rings. The van der Waals surface area contributed by atoms with Crippen LogP contribution >= 0.6 is 0 Å². The van der Waals surface area contributed by atoms with E-state index in [-0.39, 0.29) is 12.1 Å². The maximum atomic E-state index is 12.1. The zero-order chi connectivity index (χ0) is 14.4. The Labute approximate surface area is 120 Å². The molecule has 2 aromatic carbocycles. The predicted octanol–water partition coefficient (Wildman–Crippen LogP) is 4.70. The molecule has 0 saturated carbocycles. The van der Waals surface area contributed by atoms with E-state index in [1.807, 2.05) is 55.5 Å². The number of carbonyl (C=O) groups is 1. The van der Waals surface area contributed by atoms with Gasteiger partial charge in [-0.25, -0.2) is 4.79 Å². The maximum absolute atomic E-state index is 12.1. The average Bonchev–Trinajstić information content (AvgIpc) is 2.48. The Balaban J connectivity index is 2.16. The van der Waals surface area contributed by atoms with Gasteiger partial charge >= 0.3 is 5.97 Å². The molecular formula is C18H20O2. The second-order valence-electron chi connectivity index (χ2n) is 4.95. The summed E-state index contributed by atoms with van der Waals surface area (Å²) in [6.45, 7) is 4.02. The van der Waals surface area contributed by atoms with Crippen molar-refractivity contribution in [2.24, 2.45) is 0 Å². The van der Waals surface area contributed by atoms with E-state index >= 15 is 0 Å². The molecule has 2 heteroatoms. The smallest absolute Gasteiger partial charge is 0.338 e. The van der Waals surface area contributed by atoms with E-state index in [1.54, 1.807) is 6.07 Å². The van der Waals surface area contributed by atoms with Crippen molar-refractivity contribution in [2.45, 2.75) is 32.8 Å². The number of hydrogen-bond donors (Lipinski definition) is 0. The second kappa shape index (κ2) is 6.90. The van der Waals surface area contributed by atoms with Gasteiger partial charge in [0, 0.05) is 0 Å². The molecule has 20 heavy (non-hydrogen) atoms. The van der Waals surface area contributed by atoms with Crippen LogP contribution in [0.3, 0.4) is 0 Å². The van der Waals surface area contributed by atoms with E-state index < -0.39 is 0 Å². The van der Waals surface area contributed by atoms with E-state index in [4.69, 9.17) is 4.74 Å². The van der Waals surface area contributed by atoms with Crippen molar-refractivity contribution in [2.75, 3.05) is 0 Å². The molecule has 0 aliphatic heterocycles. The summed E-state index contributed by atoms with van der Waals surface area (Å²) in [5.41, 5.74) is 2.74. The topological polar surface area (TPSA) is 26.3 Å². The van der Waals surface area contributed by atoms with Crippen molar-refractivity contribution in [3.63, 3.8) is 0 Å². The van der Waals surface area contributed by atoms with Crippen molar-refractivity contribution in [1.29, 1.82) is 0 Å². The number of benzene rings is 2. The molecule has 0 saturated heterocycles. The molecule has 0 bridgehead atoms. The summed E-state index contributed by atoms with van der Waals surface area (Å²) in [6, 6.07) is 17.6. The van der Waals surface area contributed by atoms with Crippen LogP contribution in [-0.4, -0.2) is 12.1 Å². The third-order valence-corrected chi connectivity index (χ3v) is 3.21. The van der Waals surface area contributed by atoms with Crippen molar-refractivity contribution in [1.82, 2.24) is 0 Å². The fraction of sp³-hybridized carbons (Fsp3) is 0.278. The number of esters is 1. The Morgan fingerprint density at radius 1 is 1.05 bits per heavy atom. The van der Waals surface area contributed by atoms with Crippen molar-refractivity contribution in [3.05, 3.63) is 60.2 Å². The normalized spacial score (nSPS) is 11.9. The molecule has 0 aliphatic carbocycles. The molecule has 0 spiro atoms. The van der Waals surface area contributed by atoms with Crippen molar-refractivity contribution >= 4 is 5.97 Å². The van der Waals surface area contributed by atoms with Crippen LogP contribution in [0.15, 0.2) is 54.6 Å². The molecule has 2 nitrogen and oxygen atoms in total. The first kappa shape index (κ1) is 14.3. The monoisotopic (exact) mass is 268 g/mol. The zero-order valence-corrected chi connectivity index (χ0v) is 12.0. The first-order valence-corrected chi connectivity index (χ1v) is 7.07. The minimum Gasteiger partial charge on any atom is -0.459 e. The minimum absolute atomic E-state index is 0.0344. The summed E-state index contributed by atoms with van der Waals surface area (Å²) in [6.07, 6.45) is 1.87. The van der Waals surface area contributed by atoms with Crippen LogP contribution in [0.1, 0.15) is 37.0 Å². The van der Waals surface area contributed by atoms with Gasteiger partial charge in [-0.05, 0) is 36.6 Å². The third kappa shape index (κ3) is 3.70. The van der Waals surface area contributed by atoms with E-state index in [1.165, 1.54) is 0 Å². The van der Waals surface area contributed by atoms with Gasteiger partial charge in [-0.2, -0.15) is 0 Å². The molecule has 0 fully saturated rings. The summed E-state index contributed by atoms with van der Waals surface area (Å²) in [4.78, 5) is 12.1. The van der Waals surface area contributed by atoms with Gasteiger partial charge in [0.2, 0.25) is 0 Å². The second-order valence-corrected chi connectivity index (χ2v) is 4.95. The van der Waals surface area contributed by atoms with Gasteiger partial charge in [0.1, 0.15) is 0 Å². The molecule has 0 amide bonds. The Bertz CT molecular complexity index is 561. The highest BCUT2D eigenvalue weighted by molar-refractivity contribution is 5.91.